The SMILES string of the molecule is CC(C)N1CCC(CNc2ncc(Cl)cc2Br)C1. The van der Waals surface area contributed by atoms with Crippen molar-refractivity contribution in [2.45, 2.75) is 26.3 Å². The van der Waals surface area contributed by atoms with Crippen LogP contribution < -0.4 is 5.32 Å². The average molecular weight is 333 g/mol. The summed E-state index contributed by atoms with van der Waals surface area (Å²) in [7, 11) is 0. The highest BCUT2D eigenvalue weighted by molar-refractivity contribution is 9.10. The molecule has 1 aromatic rings. The molecule has 1 aliphatic heterocycles. The largest absolute Gasteiger partial charge is 0.369 e. The number of hydrogen-bond donors (Lipinski definition) is 1. The maximum Gasteiger partial charge on any atom is 0.140 e. The molecule has 0 aliphatic carbocycles. The van der Waals surface area contributed by atoms with Crippen molar-refractivity contribution in [3.05, 3.63) is 21.8 Å². The first kappa shape index (κ1) is 14.1. The fraction of sp³-hybridized carbons (Fsp3) is 0.615. The minimum absolute atomic E-state index is 0.649. The first-order valence-corrected chi connectivity index (χ1v) is 7.52. The summed E-state index contributed by atoms with van der Waals surface area (Å²) in [4.78, 5) is 6.81. The van der Waals surface area contributed by atoms with Crippen LogP contribution in [0.15, 0.2) is 16.7 Å². The second-order valence-electron chi connectivity index (χ2n) is 5.11. The Hall–Kier alpha value is -0.320. The van der Waals surface area contributed by atoms with Gasteiger partial charge in [-0.15, -0.1) is 0 Å². The van der Waals surface area contributed by atoms with Gasteiger partial charge in [0.25, 0.3) is 0 Å². The molecule has 3 nitrogen and oxygen atoms in total. The lowest BCUT2D eigenvalue weighted by molar-refractivity contribution is 0.266. The normalized spacial score (nSPS) is 20.6. The molecular formula is C13H19BrClN3. The Balaban J connectivity index is 1.85. The van der Waals surface area contributed by atoms with Gasteiger partial charge in [-0.3, -0.25) is 0 Å². The van der Waals surface area contributed by atoms with Gasteiger partial charge in [0.1, 0.15) is 5.82 Å². The van der Waals surface area contributed by atoms with Gasteiger partial charge in [0.05, 0.1) is 9.50 Å². The Morgan fingerprint density at radius 3 is 3.00 bits per heavy atom. The van der Waals surface area contributed by atoms with Crippen molar-refractivity contribution in [1.29, 1.82) is 0 Å². The van der Waals surface area contributed by atoms with Gasteiger partial charge in [-0.05, 0) is 54.7 Å². The molecular weight excluding hydrogens is 314 g/mol. The fourth-order valence-corrected chi connectivity index (χ4v) is 3.06. The van der Waals surface area contributed by atoms with Gasteiger partial charge in [-0.1, -0.05) is 11.6 Å². The maximum absolute atomic E-state index is 5.87. The summed E-state index contributed by atoms with van der Waals surface area (Å²) < 4.78 is 0.925. The zero-order chi connectivity index (χ0) is 13.1. The average Bonchev–Trinajstić information content (AvgIpc) is 2.76. The molecule has 2 rings (SSSR count). The Kier molecular flexibility index (Phi) is 4.87. The van der Waals surface area contributed by atoms with Crippen molar-refractivity contribution in [3.8, 4) is 0 Å². The molecule has 1 N–H and O–H groups in total. The van der Waals surface area contributed by atoms with E-state index in [1.165, 1.54) is 19.5 Å². The number of nitrogens with one attached hydrogen (secondary N) is 1. The van der Waals surface area contributed by atoms with Gasteiger partial charge >= 0.3 is 0 Å². The molecule has 18 heavy (non-hydrogen) atoms. The van der Waals surface area contributed by atoms with E-state index in [9.17, 15) is 0 Å². The van der Waals surface area contributed by atoms with Crippen molar-refractivity contribution >= 4 is 33.3 Å². The number of nitrogens with zero attached hydrogens (tertiary/aromatic N) is 2. The quantitative estimate of drug-likeness (QED) is 0.912. The number of halogens is 2. The summed E-state index contributed by atoms with van der Waals surface area (Å²) in [5.74, 6) is 1.58. The number of hydrogen-bond acceptors (Lipinski definition) is 3. The van der Waals surface area contributed by atoms with Crippen LogP contribution in [-0.4, -0.2) is 35.6 Å². The summed E-state index contributed by atoms with van der Waals surface area (Å²) >= 11 is 9.34. The molecule has 1 saturated heterocycles. The Morgan fingerprint density at radius 1 is 1.61 bits per heavy atom. The van der Waals surface area contributed by atoms with E-state index in [-0.39, 0.29) is 0 Å². The highest BCUT2D eigenvalue weighted by Crippen LogP contribution is 2.24. The molecule has 0 bridgehead atoms. The summed E-state index contributed by atoms with van der Waals surface area (Å²) in [6, 6.07) is 2.52. The van der Waals surface area contributed by atoms with Crippen molar-refractivity contribution in [1.82, 2.24) is 9.88 Å². The molecule has 1 aromatic heterocycles. The van der Waals surface area contributed by atoms with E-state index in [1.807, 2.05) is 6.07 Å². The van der Waals surface area contributed by atoms with Crippen LogP contribution in [0.2, 0.25) is 5.02 Å². The van der Waals surface area contributed by atoms with Crippen LogP contribution in [0, 0.1) is 5.92 Å². The summed E-state index contributed by atoms with van der Waals surface area (Å²) in [6.07, 6.45) is 2.93. The Bertz CT molecular complexity index is 411. The van der Waals surface area contributed by atoms with Crippen LogP contribution in [0.1, 0.15) is 20.3 Å². The van der Waals surface area contributed by atoms with E-state index in [4.69, 9.17) is 11.6 Å². The third-order valence-corrected chi connectivity index (χ3v) is 4.22. The van der Waals surface area contributed by atoms with E-state index in [2.05, 4.69) is 45.0 Å². The molecule has 2 heterocycles. The molecule has 0 saturated carbocycles. The standard InChI is InChI=1S/C13H19BrClN3/c1-9(2)18-4-3-10(8-18)6-16-13-12(14)5-11(15)7-17-13/h5,7,9-10H,3-4,6,8H2,1-2H3,(H,16,17). The number of rotatable bonds is 4. The lowest BCUT2D eigenvalue weighted by atomic mass is 10.1. The van der Waals surface area contributed by atoms with Crippen LogP contribution in [0.4, 0.5) is 5.82 Å². The van der Waals surface area contributed by atoms with Crippen molar-refractivity contribution in [2.75, 3.05) is 25.0 Å². The summed E-state index contributed by atoms with van der Waals surface area (Å²) in [5.41, 5.74) is 0. The first-order chi connectivity index (χ1) is 8.56. The number of aromatic nitrogens is 1. The molecule has 1 fully saturated rings. The van der Waals surface area contributed by atoms with E-state index >= 15 is 0 Å². The monoisotopic (exact) mass is 331 g/mol. The molecule has 100 valence electrons. The molecule has 0 aromatic carbocycles. The second-order valence-corrected chi connectivity index (χ2v) is 6.40. The van der Waals surface area contributed by atoms with Gasteiger partial charge in [0.2, 0.25) is 0 Å². The molecule has 5 heteroatoms. The molecule has 0 spiro atoms. The summed E-state index contributed by atoms with van der Waals surface area (Å²) in [5, 5.41) is 4.05. The molecule has 0 amide bonds. The number of anilines is 1. The predicted molar refractivity (Wildman–Crippen MR) is 80.3 cm³/mol. The Morgan fingerprint density at radius 2 is 2.39 bits per heavy atom. The molecule has 1 unspecified atom stereocenters. The van der Waals surface area contributed by atoms with Crippen molar-refractivity contribution < 1.29 is 0 Å². The zero-order valence-corrected chi connectivity index (χ0v) is 13.1. The van der Waals surface area contributed by atoms with E-state index in [0.717, 1.165) is 16.8 Å². The van der Waals surface area contributed by atoms with Crippen molar-refractivity contribution in [2.24, 2.45) is 5.92 Å². The minimum atomic E-state index is 0.649. The van der Waals surface area contributed by atoms with E-state index in [1.54, 1.807) is 6.20 Å². The predicted octanol–water partition coefficient (Wildman–Crippen LogP) is 3.64. The van der Waals surface area contributed by atoms with Gasteiger partial charge < -0.3 is 10.2 Å². The number of pyridine rings is 1. The second kappa shape index (κ2) is 6.22. The zero-order valence-electron chi connectivity index (χ0n) is 10.8. The number of likely N-dealkylation sites (tertiary alicyclic amines) is 1. The van der Waals surface area contributed by atoms with Crippen LogP contribution in [-0.2, 0) is 0 Å². The van der Waals surface area contributed by atoms with Crippen LogP contribution in [0.25, 0.3) is 0 Å². The third kappa shape index (κ3) is 3.59. The molecule has 1 atom stereocenters. The van der Waals surface area contributed by atoms with Crippen LogP contribution in [0.3, 0.4) is 0 Å². The van der Waals surface area contributed by atoms with Gasteiger partial charge in [0, 0.05) is 25.3 Å². The smallest absolute Gasteiger partial charge is 0.140 e. The highest BCUT2D eigenvalue weighted by atomic mass is 79.9. The van der Waals surface area contributed by atoms with Crippen LogP contribution >= 0.6 is 27.5 Å². The third-order valence-electron chi connectivity index (χ3n) is 3.41. The topological polar surface area (TPSA) is 28.2 Å². The minimum Gasteiger partial charge on any atom is -0.369 e. The Labute approximate surface area is 122 Å². The van der Waals surface area contributed by atoms with E-state index in [0.29, 0.717) is 17.0 Å². The molecule has 1 aliphatic rings. The molecule has 0 radical (unpaired) electrons. The summed E-state index contributed by atoms with van der Waals surface area (Å²) in [6.45, 7) is 7.87. The van der Waals surface area contributed by atoms with Gasteiger partial charge in [-0.25, -0.2) is 4.98 Å². The van der Waals surface area contributed by atoms with Gasteiger partial charge in [-0.2, -0.15) is 0 Å². The maximum atomic E-state index is 5.87. The lowest BCUT2D eigenvalue weighted by Crippen LogP contribution is -2.29. The van der Waals surface area contributed by atoms with Crippen molar-refractivity contribution in [3.63, 3.8) is 0 Å². The van der Waals surface area contributed by atoms with Gasteiger partial charge in [0.15, 0.2) is 0 Å². The lowest BCUT2D eigenvalue weighted by Gasteiger charge is -2.20. The first-order valence-electron chi connectivity index (χ1n) is 6.35. The fourth-order valence-electron chi connectivity index (χ4n) is 2.28. The highest BCUT2D eigenvalue weighted by Gasteiger charge is 2.23. The van der Waals surface area contributed by atoms with Crippen LogP contribution in [0.5, 0.6) is 0 Å². The van der Waals surface area contributed by atoms with E-state index < -0.39 is 0 Å².